The van der Waals surface area contributed by atoms with E-state index in [0.717, 1.165) is 18.4 Å². The maximum atomic E-state index is 11.5. The Kier molecular flexibility index (Phi) is 8.94. The molecule has 0 fully saturated rings. The number of carboxylic acid groups (broad SMARTS) is 1. The number of benzene rings is 1. The number of likely N-dealkylation sites (N-methyl/N-ethyl adjacent to an activating group) is 1. The molecule has 6 nitrogen and oxygen atoms in total. The number of carboxylic acids is 1. The van der Waals surface area contributed by atoms with Crippen LogP contribution in [-0.4, -0.2) is 55.1 Å². The summed E-state index contributed by atoms with van der Waals surface area (Å²) in [6.07, 6.45) is 2.07. The molecule has 1 aromatic rings. The zero-order chi connectivity index (χ0) is 17.1. The van der Waals surface area contributed by atoms with Crippen LogP contribution >= 0.6 is 0 Å². The monoisotopic (exact) mass is 321 g/mol. The van der Waals surface area contributed by atoms with E-state index < -0.39 is 12.0 Å². The molecule has 0 aliphatic heterocycles. The molecular weight excluding hydrogens is 294 g/mol. The highest BCUT2D eigenvalue weighted by Gasteiger charge is 2.16. The van der Waals surface area contributed by atoms with E-state index in [1.807, 2.05) is 49.3 Å². The van der Waals surface area contributed by atoms with E-state index >= 15 is 0 Å². The minimum absolute atomic E-state index is 0.00742. The van der Waals surface area contributed by atoms with Gasteiger partial charge in [0.25, 0.3) is 0 Å². The topological polar surface area (TPSA) is 81.7 Å². The number of hydrogen-bond donors (Lipinski definition) is 3. The Bertz CT molecular complexity index is 477. The molecule has 6 heteroatoms. The van der Waals surface area contributed by atoms with Gasteiger partial charge < -0.3 is 20.6 Å². The van der Waals surface area contributed by atoms with E-state index in [2.05, 4.69) is 10.6 Å². The molecule has 1 amide bonds. The average Bonchev–Trinajstić information content (AvgIpc) is 2.49. The Labute approximate surface area is 137 Å². The second kappa shape index (κ2) is 10.7. The summed E-state index contributed by atoms with van der Waals surface area (Å²) in [4.78, 5) is 24.5. The van der Waals surface area contributed by atoms with E-state index in [1.165, 1.54) is 0 Å². The van der Waals surface area contributed by atoms with Gasteiger partial charge in [-0.25, -0.2) is 0 Å². The lowest BCUT2D eigenvalue weighted by Crippen LogP contribution is -2.36. The molecule has 1 atom stereocenters. The van der Waals surface area contributed by atoms with Crippen LogP contribution in [0.2, 0.25) is 0 Å². The summed E-state index contributed by atoms with van der Waals surface area (Å²) in [6, 6.07) is 9.17. The Hall–Kier alpha value is -1.92. The van der Waals surface area contributed by atoms with Crippen LogP contribution in [0.1, 0.15) is 24.8 Å². The Morgan fingerprint density at radius 3 is 2.48 bits per heavy atom. The van der Waals surface area contributed by atoms with E-state index in [1.54, 1.807) is 0 Å². The summed E-state index contributed by atoms with van der Waals surface area (Å²) in [5.74, 6) is -0.843. The van der Waals surface area contributed by atoms with Gasteiger partial charge >= 0.3 is 5.97 Å². The van der Waals surface area contributed by atoms with Gasteiger partial charge in [-0.1, -0.05) is 30.3 Å². The van der Waals surface area contributed by atoms with Gasteiger partial charge in [0.2, 0.25) is 5.91 Å². The molecule has 3 N–H and O–H groups in total. The molecular formula is C17H27N3O3. The van der Waals surface area contributed by atoms with E-state index in [0.29, 0.717) is 26.1 Å². The van der Waals surface area contributed by atoms with Crippen LogP contribution in [-0.2, 0) is 16.1 Å². The highest BCUT2D eigenvalue weighted by molar-refractivity contribution is 5.77. The van der Waals surface area contributed by atoms with Gasteiger partial charge in [0.15, 0.2) is 0 Å². The fourth-order valence-corrected chi connectivity index (χ4v) is 2.19. The molecule has 23 heavy (non-hydrogen) atoms. The molecule has 1 unspecified atom stereocenters. The van der Waals surface area contributed by atoms with Crippen molar-refractivity contribution in [1.29, 1.82) is 0 Å². The smallest absolute Gasteiger partial charge is 0.320 e. The van der Waals surface area contributed by atoms with Crippen molar-refractivity contribution in [3.05, 3.63) is 35.9 Å². The van der Waals surface area contributed by atoms with Crippen LogP contribution in [0, 0.1) is 0 Å². The lowest BCUT2D eigenvalue weighted by atomic mass is 10.1. The molecule has 0 saturated carbocycles. The van der Waals surface area contributed by atoms with Crippen molar-refractivity contribution in [2.24, 2.45) is 0 Å². The summed E-state index contributed by atoms with van der Waals surface area (Å²) in [7, 11) is 3.69. The van der Waals surface area contributed by atoms with Crippen molar-refractivity contribution in [2.75, 3.05) is 27.2 Å². The lowest BCUT2D eigenvalue weighted by Gasteiger charge is -2.15. The third kappa shape index (κ3) is 8.95. The first kappa shape index (κ1) is 19.1. The average molecular weight is 321 g/mol. The maximum absolute atomic E-state index is 11.5. The number of nitrogens with zero attached hydrogens (tertiary/aromatic N) is 1. The molecule has 0 heterocycles. The number of amides is 1. The van der Waals surface area contributed by atoms with Crippen molar-refractivity contribution < 1.29 is 14.7 Å². The van der Waals surface area contributed by atoms with Crippen molar-refractivity contribution >= 4 is 11.9 Å². The second-order valence-electron chi connectivity index (χ2n) is 5.84. The van der Waals surface area contributed by atoms with Crippen LogP contribution in [0.25, 0.3) is 0 Å². The third-order valence-corrected chi connectivity index (χ3v) is 3.40. The first-order valence-corrected chi connectivity index (χ1v) is 7.90. The zero-order valence-electron chi connectivity index (χ0n) is 13.9. The van der Waals surface area contributed by atoms with Crippen molar-refractivity contribution in [3.8, 4) is 0 Å². The van der Waals surface area contributed by atoms with E-state index in [9.17, 15) is 14.7 Å². The van der Waals surface area contributed by atoms with Gasteiger partial charge in [-0.2, -0.15) is 0 Å². The van der Waals surface area contributed by atoms with Crippen LogP contribution in [0.15, 0.2) is 30.3 Å². The molecule has 0 bridgehead atoms. The van der Waals surface area contributed by atoms with Crippen LogP contribution in [0.3, 0.4) is 0 Å². The number of nitrogens with one attached hydrogen (secondary N) is 2. The van der Waals surface area contributed by atoms with Gasteiger partial charge in [-0.3, -0.25) is 9.59 Å². The first-order valence-electron chi connectivity index (χ1n) is 7.90. The Morgan fingerprint density at radius 2 is 1.87 bits per heavy atom. The molecule has 0 aliphatic rings. The lowest BCUT2D eigenvalue weighted by molar-refractivity contribution is -0.139. The first-order chi connectivity index (χ1) is 11.0. The molecule has 0 saturated heterocycles. The summed E-state index contributed by atoms with van der Waals surface area (Å²) in [6.45, 7) is 1.49. The summed E-state index contributed by atoms with van der Waals surface area (Å²) >= 11 is 0. The number of unbranched alkanes of at least 4 members (excludes halogenated alkanes) is 1. The van der Waals surface area contributed by atoms with Gasteiger partial charge in [0, 0.05) is 13.1 Å². The summed E-state index contributed by atoms with van der Waals surface area (Å²) in [5, 5.41) is 15.2. The van der Waals surface area contributed by atoms with Crippen LogP contribution in [0.5, 0.6) is 0 Å². The number of hydrogen-bond acceptors (Lipinski definition) is 4. The molecule has 1 rings (SSSR count). The highest BCUT2D eigenvalue weighted by Crippen LogP contribution is 2.04. The number of aliphatic carboxylic acids is 1. The molecule has 0 aromatic heterocycles. The molecule has 0 spiro atoms. The number of carbonyl (C=O) groups is 2. The summed E-state index contributed by atoms with van der Waals surface area (Å²) < 4.78 is 0. The van der Waals surface area contributed by atoms with Gasteiger partial charge in [0.1, 0.15) is 6.04 Å². The van der Waals surface area contributed by atoms with Crippen LogP contribution in [0.4, 0.5) is 0 Å². The minimum atomic E-state index is -0.836. The number of carbonyl (C=O) groups excluding carboxylic acids is 1. The summed E-state index contributed by atoms with van der Waals surface area (Å²) in [5.41, 5.74) is 1.06. The Morgan fingerprint density at radius 1 is 1.17 bits per heavy atom. The van der Waals surface area contributed by atoms with Crippen molar-refractivity contribution in [2.45, 2.75) is 31.8 Å². The standard InChI is InChI=1S/C17H27N3O3/c1-20(2)13-16(21)18-11-7-6-10-15(17(22)23)19-12-14-8-4-3-5-9-14/h3-5,8-9,15,19H,6-7,10-13H2,1-2H3,(H,18,21)(H,22,23). The van der Waals surface area contributed by atoms with Gasteiger partial charge in [-0.15, -0.1) is 0 Å². The predicted octanol–water partition coefficient (Wildman–Crippen LogP) is 1.08. The minimum Gasteiger partial charge on any atom is -0.480 e. The van der Waals surface area contributed by atoms with Crippen molar-refractivity contribution in [1.82, 2.24) is 15.5 Å². The molecule has 0 aliphatic carbocycles. The predicted molar refractivity (Wildman–Crippen MR) is 90.1 cm³/mol. The molecule has 1 aromatic carbocycles. The van der Waals surface area contributed by atoms with Gasteiger partial charge in [-0.05, 0) is 38.9 Å². The highest BCUT2D eigenvalue weighted by atomic mass is 16.4. The maximum Gasteiger partial charge on any atom is 0.320 e. The van der Waals surface area contributed by atoms with E-state index in [-0.39, 0.29) is 5.91 Å². The fraction of sp³-hybridized carbons (Fsp3) is 0.529. The number of rotatable bonds is 11. The van der Waals surface area contributed by atoms with Crippen molar-refractivity contribution in [3.63, 3.8) is 0 Å². The fourth-order valence-electron chi connectivity index (χ4n) is 2.19. The van der Waals surface area contributed by atoms with E-state index in [4.69, 9.17) is 0 Å². The molecule has 0 radical (unpaired) electrons. The second-order valence-corrected chi connectivity index (χ2v) is 5.84. The van der Waals surface area contributed by atoms with Crippen LogP contribution < -0.4 is 10.6 Å². The Balaban J connectivity index is 2.21. The SMILES string of the molecule is CN(C)CC(=O)NCCCCC(NCc1ccccc1)C(=O)O. The molecule has 128 valence electrons. The zero-order valence-corrected chi connectivity index (χ0v) is 13.9. The van der Waals surface area contributed by atoms with Gasteiger partial charge in [0.05, 0.1) is 6.54 Å². The third-order valence-electron chi connectivity index (χ3n) is 3.40. The normalized spacial score (nSPS) is 12.1. The largest absolute Gasteiger partial charge is 0.480 e. The quantitative estimate of drug-likeness (QED) is 0.531.